The molecule has 0 bridgehead atoms. The molecule has 1 fully saturated rings. The Morgan fingerprint density at radius 1 is 1.26 bits per heavy atom. The van der Waals surface area contributed by atoms with Gasteiger partial charge in [-0.05, 0) is 18.6 Å². The molecule has 5 rings (SSSR count). The molecule has 182 valence electrons. The minimum absolute atomic E-state index is 0.124. The summed E-state index contributed by atoms with van der Waals surface area (Å²) in [5.41, 5.74) is 2.26. The minimum Gasteiger partial charge on any atom is -0.379 e. The summed E-state index contributed by atoms with van der Waals surface area (Å²) < 4.78 is 46.4. The van der Waals surface area contributed by atoms with Gasteiger partial charge in [0.1, 0.15) is 12.4 Å². The quantitative estimate of drug-likeness (QED) is 0.430. The summed E-state index contributed by atoms with van der Waals surface area (Å²) in [6.45, 7) is 0.0178. The van der Waals surface area contributed by atoms with Crippen molar-refractivity contribution in [3.8, 4) is 11.4 Å². The van der Waals surface area contributed by atoms with Gasteiger partial charge in [0.05, 0.1) is 41.3 Å². The number of halogens is 3. The van der Waals surface area contributed by atoms with Crippen molar-refractivity contribution in [3.05, 3.63) is 48.5 Å². The topological polar surface area (TPSA) is 112 Å². The van der Waals surface area contributed by atoms with Crippen LogP contribution in [0.25, 0.3) is 22.3 Å². The third kappa shape index (κ3) is 4.94. The molecule has 0 spiro atoms. The zero-order valence-corrected chi connectivity index (χ0v) is 18.6. The normalized spacial score (nSPS) is 16.1. The number of fused-ring (bicyclic) bond motifs is 1. The Morgan fingerprint density at radius 3 is 2.89 bits per heavy atom. The highest BCUT2D eigenvalue weighted by Crippen LogP contribution is 2.28. The maximum Gasteiger partial charge on any atom is 0.405 e. The van der Waals surface area contributed by atoms with Crippen molar-refractivity contribution < 1.29 is 22.7 Å². The number of rotatable bonds is 6. The Hall–Kier alpha value is -4.00. The highest BCUT2D eigenvalue weighted by Gasteiger charge is 2.27. The maximum atomic E-state index is 12.7. The number of anilines is 2. The Kier molecular flexibility index (Phi) is 5.84. The lowest BCUT2D eigenvalue weighted by atomic mass is 10.2. The first-order chi connectivity index (χ1) is 16.8. The van der Waals surface area contributed by atoms with Gasteiger partial charge in [-0.25, -0.2) is 15.0 Å². The smallest absolute Gasteiger partial charge is 0.379 e. The van der Waals surface area contributed by atoms with E-state index in [0.29, 0.717) is 36.0 Å². The second-order valence-corrected chi connectivity index (χ2v) is 8.13. The molecule has 5 heterocycles. The predicted octanol–water partition coefficient (Wildman–Crippen LogP) is 3.41. The Bertz CT molecular complexity index is 1370. The monoisotopic (exact) mass is 486 g/mol. The zero-order chi connectivity index (χ0) is 24.6. The van der Waals surface area contributed by atoms with Crippen LogP contribution in [0, 0.1) is 0 Å². The largest absolute Gasteiger partial charge is 0.405 e. The van der Waals surface area contributed by atoms with E-state index in [-0.39, 0.29) is 17.9 Å². The Balaban J connectivity index is 1.35. The summed E-state index contributed by atoms with van der Waals surface area (Å²) in [7, 11) is 1.79. The van der Waals surface area contributed by atoms with Crippen LogP contribution in [-0.4, -0.2) is 61.1 Å². The lowest BCUT2D eigenvalue weighted by molar-refractivity contribution is -0.115. The number of pyridine rings is 1. The summed E-state index contributed by atoms with van der Waals surface area (Å²) >= 11 is 0. The fraction of sp³-hybridized carbons (Fsp3) is 0.318. The number of hydrogen-bond acceptors (Lipinski definition) is 7. The highest BCUT2D eigenvalue weighted by molar-refractivity contribution is 6.04. The molecule has 0 unspecified atom stereocenters. The summed E-state index contributed by atoms with van der Waals surface area (Å²) in [6, 6.07) is 5.27. The van der Waals surface area contributed by atoms with Gasteiger partial charge in [0.15, 0.2) is 0 Å². The third-order valence-electron chi connectivity index (χ3n) is 5.68. The molecular weight excluding hydrogens is 465 g/mol. The number of carbonyl (C=O) groups excluding carboxylic acids is 1. The standard InChI is InChI=1S/C22H21F3N8O2/c1-32-17-7-19(31-20(34)14-9-29-33(10-14)15-3-5-35-11-15)27-8-13(17)6-18(32)16-2-4-26-21(30-16)28-12-22(23,24)25/h2,4,6-10,15H,3,5,11-12H2,1H3,(H,26,28,30)(H,27,31,34)/t15-/m1/s1. The van der Waals surface area contributed by atoms with Gasteiger partial charge in [-0.15, -0.1) is 0 Å². The molecule has 0 radical (unpaired) electrons. The van der Waals surface area contributed by atoms with Gasteiger partial charge in [-0.1, -0.05) is 0 Å². The van der Waals surface area contributed by atoms with Crippen molar-refractivity contribution in [1.29, 1.82) is 0 Å². The van der Waals surface area contributed by atoms with E-state index in [4.69, 9.17) is 4.74 Å². The van der Waals surface area contributed by atoms with Gasteiger partial charge >= 0.3 is 6.18 Å². The molecule has 2 N–H and O–H groups in total. The molecule has 0 aliphatic carbocycles. The molecule has 1 atom stereocenters. The van der Waals surface area contributed by atoms with Crippen molar-refractivity contribution in [3.63, 3.8) is 0 Å². The first-order valence-electron chi connectivity index (χ1n) is 10.8. The second-order valence-electron chi connectivity index (χ2n) is 8.13. The SMILES string of the molecule is Cn1c(-c2ccnc(NCC(F)(F)F)n2)cc2cnc(NC(=O)c3cnn([C@@H]4CCOC4)c3)cc21. The van der Waals surface area contributed by atoms with Crippen molar-refractivity contribution >= 4 is 28.6 Å². The fourth-order valence-electron chi connectivity index (χ4n) is 3.89. The van der Waals surface area contributed by atoms with Crippen LogP contribution in [-0.2, 0) is 11.8 Å². The number of alkyl halides is 3. The number of nitrogens with zero attached hydrogens (tertiary/aromatic N) is 6. The fourth-order valence-corrected chi connectivity index (χ4v) is 3.89. The Labute approximate surface area is 197 Å². The molecule has 1 amide bonds. The first kappa shape index (κ1) is 22.8. The zero-order valence-electron chi connectivity index (χ0n) is 18.6. The van der Waals surface area contributed by atoms with Crippen LogP contribution in [0.5, 0.6) is 0 Å². The second kappa shape index (κ2) is 8.98. The van der Waals surface area contributed by atoms with Crippen LogP contribution in [0.15, 0.2) is 43.0 Å². The van der Waals surface area contributed by atoms with E-state index in [1.165, 1.54) is 12.4 Å². The van der Waals surface area contributed by atoms with E-state index in [0.717, 1.165) is 17.3 Å². The first-order valence-corrected chi connectivity index (χ1v) is 10.8. The van der Waals surface area contributed by atoms with Crippen LogP contribution < -0.4 is 10.6 Å². The molecule has 1 aliphatic heterocycles. The van der Waals surface area contributed by atoms with Gasteiger partial charge < -0.3 is 19.9 Å². The number of aromatic nitrogens is 6. The molecular formula is C22H21F3N8O2. The van der Waals surface area contributed by atoms with Crippen LogP contribution in [0.3, 0.4) is 0 Å². The van der Waals surface area contributed by atoms with E-state index < -0.39 is 12.7 Å². The van der Waals surface area contributed by atoms with E-state index in [2.05, 4.69) is 30.7 Å². The van der Waals surface area contributed by atoms with Gasteiger partial charge in [0.2, 0.25) is 5.95 Å². The van der Waals surface area contributed by atoms with Crippen molar-refractivity contribution in [2.75, 3.05) is 30.4 Å². The van der Waals surface area contributed by atoms with Crippen molar-refractivity contribution in [2.45, 2.75) is 18.6 Å². The molecule has 1 aliphatic rings. The van der Waals surface area contributed by atoms with Gasteiger partial charge in [-0.2, -0.15) is 18.3 Å². The lowest BCUT2D eigenvalue weighted by Crippen LogP contribution is -2.22. The average Bonchev–Trinajstić information content (AvgIpc) is 3.58. The summed E-state index contributed by atoms with van der Waals surface area (Å²) in [4.78, 5) is 25.1. The number of hydrogen-bond donors (Lipinski definition) is 2. The van der Waals surface area contributed by atoms with E-state index >= 15 is 0 Å². The number of ether oxygens (including phenoxy) is 1. The molecule has 0 saturated carbocycles. The van der Waals surface area contributed by atoms with E-state index in [1.807, 2.05) is 10.6 Å². The van der Waals surface area contributed by atoms with Crippen molar-refractivity contribution in [1.82, 2.24) is 29.3 Å². The van der Waals surface area contributed by atoms with Crippen LogP contribution in [0.1, 0.15) is 22.8 Å². The van der Waals surface area contributed by atoms with E-state index in [1.54, 1.807) is 36.3 Å². The third-order valence-corrected chi connectivity index (χ3v) is 5.68. The van der Waals surface area contributed by atoms with Gasteiger partial charge in [-0.3, -0.25) is 9.48 Å². The highest BCUT2D eigenvalue weighted by atomic mass is 19.4. The predicted molar refractivity (Wildman–Crippen MR) is 121 cm³/mol. The molecule has 13 heteroatoms. The summed E-state index contributed by atoms with van der Waals surface area (Å²) in [5.74, 6) is -0.115. The van der Waals surface area contributed by atoms with Crippen LogP contribution >= 0.6 is 0 Å². The molecule has 4 aromatic rings. The number of aryl methyl sites for hydroxylation is 1. The van der Waals surface area contributed by atoms with E-state index in [9.17, 15) is 18.0 Å². The number of carbonyl (C=O) groups is 1. The summed E-state index contributed by atoms with van der Waals surface area (Å²) in [6.07, 6.45) is 2.66. The number of amides is 1. The molecule has 10 nitrogen and oxygen atoms in total. The van der Waals surface area contributed by atoms with Crippen molar-refractivity contribution in [2.24, 2.45) is 7.05 Å². The lowest BCUT2D eigenvalue weighted by Gasteiger charge is -2.09. The maximum absolute atomic E-state index is 12.7. The Morgan fingerprint density at radius 2 is 2.11 bits per heavy atom. The molecule has 1 saturated heterocycles. The average molecular weight is 486 g/mol. The van der Waals surface area contributed by atoms with Crippen LogP contribution in [0.4, 0.5) is 24.9 Å². The van der Waals surface area contributed by atoms with Gasteiger partial charge in [0, 0.05) is 43.7 Å². The molecule has 35 heavy (non-hydrogen) atoms. The molecule has 0 aromatic carbocycles. The van der Waals surface area contributed by atoms with Crippen LogP contribution in [0.2, 0.25) is 0 Å². The summed E-state index contributed by atoms with van der Waals surface area (Å²) in [5, 5.41) is 10.0. The minimum atomic E-state index is -4.38. The van der Waals surface area contributed by atoms with Gasteiger partial charge in [0.25, 0.3) is 5.91 Å². The molecule has 4 aromatic heterocycles. The number of nitrogens with one attached hydrogen (secondary N) is 2.